The molecule has 4 aromatic rings. The van der Waals surface area contributed by atoms with Crippen LogP contribution in [0.3, 0.4) is 0 Å². The van der Waals surface area contributed by atoms with Crippen LogP contribution in [0, 0.1) is 0 Å². The van der Waals surface area contributed by atoms with Crippen LogP contribution >= 0.6 is 11.6 Å². The van der Waals surface area contributed by atoms with E-state index < -0.39 is 5.79 Å². The maximum absolute atomic E-state index is 9.09. The number of piperidine rings is 1. The summed E-state index contributed by atoms with van der Waals surface area (Å²) in [6.07, 6.45) is 6.62. The molecule has 0 bridgehead atoms. The molecule has 3 aromatic heterocycles. The van der Waals surface area contributed by atoms with E-state index in [0.29, 0.717) is 23.3 Å². The molecule has 2 fully saturated rings. The first-order valence-corrected chi connectivity index (χ1v) is 14.6. The van der Waals surface area contributed by atoms with Crippen LogP contribution in [-0.4, -0.2) is 61.3 Å². The molecule has 0 spiro atoms. The summed E-state index contributed by atoms with van der Waals surface area (Å²) < 4.78 is 20.7. The van der Waals surface area contributed by atoms with E-state index in [0.717, 1.165) is 79.4 Å². The lowest BCUT2D eigenvalue weighted by Crippen LogP contribution is -2.35. The molecule has 0 amide bonds. The summed E-state index contributed by atoms with van der Waals surface area (Å²) >= 11 is 6.00. The summed E-state index contributed by atoms with van der Waals surface area (Å²) in [6.45, 7) is 5.98. The van der Waals surface area contributed by atoms with E-state index >= 15 is 0 Å². The maximum Gasteiger partial charge on any atom is 0.277 e. The predicted molar refractivity (Wildman–Crippen MR) is 156 cm³/mol. The quantitative estimate of drug-likeness (QED) is 0.106. The van der Waals surface area contributed by atoms with E-state index in [1.807, 2.05) is 25.1 Å². The van der Waals surface area contributed by atoms with Gasteiger partial charge in [-0.1, -0.05) is 28.9 Å². The molecular weight excluding hydrogens is 558 g/mol. The van der Waals surface area contributed by atoms with E-state index in [1.54, 1.807) is 24.5 Å². The SMILES string of the molecule is CC1(c2ccc(Cl)nc2)Oc2cccc(C3CCN(Cc4nc5cc(C(N)=NO)ncc5n4C[C@@H]4CCO4)CC3)c2O1. The minimum absolute atomic E-state index is 0.0377. The number of benzene rings is 1. The summed E-state index contributed by atoms with van der Waals surface area (Å²) in [5.74, 6) is 1.87. The topological polar surface area (TPSA) is 133 Å². The number of imidazole rings is 1. The molecule has 7 rings (SSSR count). The normalized spacial score (nSPS) is 22.9. The van der Waals surface area contributed by atoms with Crippen molar-refractivity contribution in [1.82, 2.24) is 24.4 Å². The van der Waals surface area contributed by atoms with Crippen molar-refractivity contribution < 1.29 is 19.4 Å². The zero-order chi connectivity index (χ0) is 28.8. The van der Waals surface area contributed by atoms with Crippen molar-refractivity contribution in [2.24, 2.45) is 10.9 Å². The van der Waals surface area contributed by atoms with Crippen molar-refractivity contribution in [3.63, 3.8) is 0 Å². The number of likely N-dealkylation sites (tertiary alicyclic amines) is 1. The van der Waals surface area contributed by atoms with E-state index in [4.69, 9.17) is 41.7 Å². The molecule has 11 nitrogen and oxygen atoms in total. The van der Waals surface area contributed by atoms with Crippen LogP contribution in [0.2, 0.25) is 5.15 Å². The molecule has 0 saturated carbocycles. The fraction of sp³-hybridized carbons (Fsp3) is 0.400. The van der Waals surface area contributed by atoms with Gasteiger partial charge in [-0.3, -0.25) is 9.88 Å². The van der Waals surface area contributed by atoms with E-state index in [9.17, 15) is 0 Å². The van der Waals surface area contributed by atoms with Gasteiger partial charge in [0.25, 0.3) is 5.79 Å². The zero-order valence-corrected chi connectivity index (χ0v) is 24.0. The van der Waals surface area contributed by atoms with Gasteiger partial charge in [0.15, 0.2) is 17.3 Å². The van der Waals surface area contributed by atoms with E-state index in [2.05, 4.69) is 30.7 Å². The lowest BCUT2D eigenvalue weighted by Gasteiger charge is -2.33. The van der Waals surface area contributed by atoms with Gasteiger partial charge in [-0.25, -0.2) is 9.97 Å². The van der Waals surface area contributed by atoms with Crippen LogP contribution in [0.5, 0.6) is 11.5 Å². The Bertz CT molecular complexity index is 1650. The number of halogens is 1. The van der Waals surface area contributed by atoms with Crippen LogP contribution in [0.1, 0.15) is 54.7 Å². The highest BCUT2D eigenvalue weighted by molar-refractivity contribution is 6.29. The van der Waals surface area contributed by atoms with Gasteiger partial charge in [0, 0.05) is 25.3 Å². The smallest absolute Gasteiger partial charge is 0.277 e. The molecule has 2 atom stereocenters. The number of pyridine rings is 2. The lowest BCUT2D eigenvalue weighted by atomic mass is 9.88. The largest absolute Gasteiger partial charge is 0.444 e. The number of amidine groups is 1. The Morgan fingerprint density at radius 3 is 2.69 bits per heavy atom. The number of hydrogen-bond donors (Lipinski definition) is 2. The first kappa shape index (κ1) is 26.9. The third-order valence-corrected chi connectivity index (χ3v) is 8.74. The second-order valence-corrected chi connectivity index (χ2v) is 11.6. The van der Waals surface area contributed by atoms with Gasteiger partial charge in [-0.15, -0.1) is 0 Å². The van der Waals surface area contributed by atoms with Crippen LogP contribution in [-0.2, 0) is 23.6 Å². The van der Waals surface area contributed by atoms with Crippen molar-refractivity contribution >= 4 is 28.5 Å². The summed E-state index contributed by atoms with van der Waals surface area (Å²) in [6, 6.07) is 11.5. The molecule has 3 aliphatic rings. The molecule has 42 heavy (non-hydrogen) atoms. The zero-order valence-electron chi connectivity index (χ0n) is 23.2. The molecular formula is C30H32ClN7O4. The second-order valence-electron chi connectivity index (χ2n) is 11.2. The minimum atomic E-state index is -0.956. The molecule has 0 radical (unpaired) electrons. The van der Waals surface area contributed by atoms with Gasteiger partial charge in [-0.2, -0.15) is 0 Å². The number of fused-ring (bicyclic) bond motifs is 2. The van der Waals surface area contributed by atoms with Gasteiger partial charge in [-0.05, 0) is 62.5 Å². The monoisotopic (exact) mass is 589 g/mol. The van der Waals surface area contributed by atoms with Crippen molar-refractivity contribution in [2.45, 2.75) is 57.1 Å². The molecule has 218 valence electrons. The summed E-state index contributed by atoms with van der Waals surface area (Å²) in [5.41, 5.74) is 9.86. The number of ether oxygens (including phenoxy) is 3. The third kappa shape index (κ3) is 4.91. The van der Waals surface area contributed by atoms with Crippen molar-refractivity contribution in [1.29, 1.82) is 0 Å². The maximum atomic E-state index is 9.09. The van der Waals surface area contributed by atoms with Crippen molar-refractivity contribution in [3.8, 4) is 11.5 Å². The minimum Gasteiger partial charge on any atom is -0.444 e. The molecule has 3 N–H and O–H groups in total. The highest BCUT2D eigenvalue weighted by Gasteiger charge is 2.41. The number of rotatable bonds is 7. The Morgan fingerprint density at radius 2 is 1.98 bits per heavy atom. The van der Waals surface area contributed by atoms with Gasteiger partial charge >= 0.3 is 0 Å². The first-order valence-electron chi connectivity index (χ1n) is 14.2. The molecule has 2 saturated heterocycles. The van der Waals surface area contributed by atoms with Crippen LogP contribution in [0.15, 0.2) is 53.9 Å². The number of para-hydroxylation sites is 1. The van der Waals surface area contributed by atoms with Crippen molar-refractivity contribution in [2.75, 3.05) is 19.7 Å². The summed E-state index contributed by atoms with van der Waals surface area (Å²) in [5, 5.41) is 12.6. The predicted octanol–water partition coefficient (Wildman–Crippen LogP) is 4.39. The molecule has 12 heteroatoms. The Balaban J connectivity index is 1.07. The molecule has 1 aromatic carbocycles. The van der Waals surface area contributed by atoms with E-state index in [1.165, 1.54) is 5.56 Å². The van der Waals surface area contributed by atoms with Gasteiger partial charge in [0.2, 0.25) is 0 Å². The Morgan fingerprint density at radius 1 is 1.14 bits per heavy atom. The standard InChI is InChI=1S/C30H32ClN7O4/c1-30(19-5-6-26(31)34-14-19)41-25-4-2-3-21(28(25)42-30)18-7-10-37(11-8-18)17-27-35-22-13-23(29(32)36-39)33-15-24(22)38(27)16-20-9-12-40-20/h2-6,13-15,18,20,39H,7-12,16-17H2,1H3,(H2,32,36)/t20-,30?/m0/s1. The fourth-order valence-corrected chi connectivity index (χ4v) is 6.17. The summed E-state index contributed by atoms with van der Waals surface area (Å²) in [7, 11) is 0. The Kier molecular flexibility index (Phi) is 6.88. The average molecular weight is 590 g/mol. The summed E-state index contributed by atoms with van der Waals surface area (Å²) in [4.78, 5) is 16.0. The third-order valence-electron chi connectivity index (χ3n) is 8.52. The highest BCUT2D eigenvalue weighted by atomic mass is 35.5. The molecule has 6 heterocycles. The number of nitrogens with zero attached hydrogens (tertiary/aromatic N) is 6. The molecule has 0 aliphatic carbocycles. The van der Waals surface area contributed by atoms with Crippen molar-refractivity contribution in [3.05, 3.63) is 76.6 Å². The Hall–Kier alpha value is -3.93. The Labute approximate surface area is 247 Å². The highest BCUT2D eigenvalue weighted by Crippen LogP contribution is 2.49. The average Bonchev–Trinajstić information content (AvgIpc) is 3.51. The van der Waals surface area contributed by atoms with Gasteiger partial charge < -0.3 is 29.7 Å². The number of hydrogen-bond acceptors (Lipinski definition) is 9. The second kappa shape index (κ2) is 10.7. The van der Waals surface area contributed by atoms with Crippen LogP contribution < -0.4 is 15.2 Å². The first-order chi connectivity index (χ1) is 20.4. The lowest BCUT2D eigenvalue weighted by molar-refractivity contribution is -0.0687. The fourth-order valence-electron chi connectivity index (χ4n) is 6.06. The number of nitrogens with two attached hydrogens (primary N) is 1. The van der Waals surface area contributed by atoms with E-state index in [-0.39, 0.29) is 11.9 Å². The molecule has 3 aliphatic heterocycles. The van der Waals surface area contributed by atoms with Gasteiger partial charge in [0.1, 0.15) is 16.7 Å². The van der Waals surface area contributed by atoms with Gasteiger partial charge in [0.05, 0.1) is 42.0 Å². The van der Waals surface area contributed by atoms with Crippen LogP contribution in [0.25, 0.3) is 11.0 Å². The number of oxime groups is 1. The number of aromatic nitrogens is 4. The van der Waals surface area contributed by atoms with Crippen LogP contribution in [0.4, 0.5) is 0 Å². The molecule has 1 unspecified atom stereocenters.